The Morgan fingerprint density at radius 2 is 1.92 bits per heavy atom. The minimum Gasteiger partial charge on any atom is -0.485 e. The molecule has 1 unspecified atom stereocenters. The molecule has 26 heavy (non-hydrogen) atoms. The summed E-state index contributed by atoms with van der Waals surface area (Å²) in [6.45, 7) is 6.38. The number of benzene rings is 2. The molecule has 0 N–H and O–H groups in total. The van der Waals surface area contributed by atoms with Gasteiger partial charge in [-0.3, -0.25) is 4.79 Å². The number of hydrogen-bond donors (Lipinski definition) is 0. The minimum atomic E-state index is 0.163. The van der Waals surface area contributed by atoms with Crippen LogP contribution in [-0.2, 0) is 25.7 Å². The molecule has 1 aliphatic heterocycles. The summed E-state index contributed by atoms with van der Waals surface area (Å²) < 4.78 is 5.63. The van der Waals surface area contributed by atoms with Crippen molar-refractivity contribution in [2.45, 2.75) is 59.3 Å². The third kappa shape index (κ3) is 3.70. The first-order valence-corrected chi connectivity index (χ1v) is 10.1. The van der Waals surface area contributed by atoms with Crippen molar-refractivity contribution in [2.75, 3.05) is 6.61 Å². The van der Waals surface area contributed by atoms with Crippen molar-refractivity contribution in [3.05, 3.63) is 64.2 Å². The molecule has 0 spiro atoms. The van der Waals surface area contributed by atoms with Crippen LogP contribution in [0.2, 0.25) is 0 Å². The molecule has 0 radical (unpaired) electrons. The van der Waals surface area contributed by atoms with Gasteiger partial charge in [-0.15, -0.1) is 0 Å². The molecule has 0 saturated heterocycles. The van der Waals surface area contributed by atoms with Crippen LogP contribution in [0.4, 0.5) is 0 Å². The highest BCUT2D eigenvalue weighted by Gasteiger charge is 2.30. The largest absolute Gasteiger partial charge is 0.485 e. The van der Waals surface area contributed by atoms with E-state index in [9.17, 15) is 4.79 Å². The Hall–Kier alpha value is -2.09. The van der Waals surface area contributed by atoms with Gasteiger partial charge in [0.15, 0.2) is 6.61 Å². The number of Topliss-reactive ketones (excluding diaryl/α,β-unsaturated/α-hetero) is 1. The Morgan fingerprint density at radius 1 is 1.15 bits per heavy atom. The summed E-state index contributed by atoms with van der Waals surface area (Å²) in [6, 6.07) is 12.9. The van der Waals surface area contributed by atoms with Gasteiger partial charge in [0.2, 0.25) is 5.78 Å². The number of ketones is 1. The van der Waals surface area contributed by atoms with Gasteiger partial charge in [0.05, 0.1) is 5.56 Å². The molecule has 2 aliphatic rings. The summed E-state index contributed by atoms with van der Waals surface area (Å²) in [4.78, 5) is 12.1. The van der Waals surface area contributed by atoms with Gasteiger partial charge >= 0.3 is 0 Å². The van der Waals surface area contributed by atoms with Crippen molar-refractivity contribution in [1.29, 1.82) is 0 Å². The van der Waals surface area contributed by atoms with E-state index in [2.05, 4.69) is 43.3 Å². The Morgan fingerprint density at radius 3 is 2.65 bits per heavy atom. The van der Waals surface area contributed by atoms with E-state index >= 15 is 0 Å². The van der Waals surface area contributed by atoms with Crippen LogP contribution < -0.4 is 4.74 Å². The van der Waals surface area contributed by atoms with E-state index in [4.69, 9.17) is 4.74 Å². The van der Waals surface area contributed by atoms with Gasteiger partial charge in [-0.25, -0.2) is 0 Å². The quantitative estimate of drug-likeness (QED) is 0.718. The van der Waals surface area contributed by atoms with E-state index in [1.807, 2.05) is 13.8 Å². The van der Waals surface area contributed by atoms with E-state index in [1.165, 1.54) is 35.1 Å². The molecule has 0 bridgehead atoms. The van der Waals surface area contributed by atoms with Crippen molar-refractivity contribution in [3.8, 4) is 5.75 Å². The molecule has 1 heterocycles. The molecule has 0 amide bonds. The Bertz CT molecular complexity index is 762. The lowest BCUT2D eigenvalue weighted by Gasteiger charge is -2.27. The molecule has 0 aromatic heterocycles. The SMILES string of the molecule is CC.CCc1c2c(cc3c1C(=O)CO3)CC(CCc1ccccc1)CC2. The Balaban J connectivity index is 0.000000948. The highest BCUT2D eigenvalue weighted by Crippen LogP contribution is 2.39. The van der Waals surface area contributed by atoms with Gasteiger partial charge in [0.1, 0.15) is 5.75 Å². The highest BCUT2D eigenvalue weighted by atomic mass is 16.5. The summed E-state index contributed by atoms with van der Waals surface area (Å²) in [5.74, 6) is 1.73. The van der Waals surface area contributed by atoms with Crippen LogP contribution in [0.25, 0.3) is 0 Å². The second-order valence-electron chi connectivity index (χ2n) is 7.06. The summed E-state index contributed by atoms with van der Waals surface area (Å²) in [7, 11) is 0. The third-order valence-electron chi connectivity index (χ3n) is 5.59. The molecule has 1 aliphatic carbocycles. The Kier molecular flexibility index (Phi) is 6.13. The zero-order chi connectivity index (χ0) is 18.5. The number of rotatable bonds is 4. The normalized spacial score (nSPS) is 17.7. The molecular weight excluding hydrogens is 320 g/mol. The molecule has 2 aromatic rings. The summed E-state index contributed by atoms with van der Waals surface area (Å²) in [5, 5.41) is 0. The number of aryl methyl sites for hydroxylation is 1. The molecule has 1 atom stereocenters. The number of carbonyl (C=O) groups is 1. The second-order valence-corrected chi connectivity index (χ2v) is 7.06. The number of ether oxygens (including phenoxy) is 1. The number of hydrogen-bond acceptors (Lipinski definition) is 2. The molecule has 2 nitrogen and oxygen atoms in total. The lowest BCUT2D eigenvalue weighted by Crippen LogP contribution is -2.18. The molecular formula is C24H30O2. The Labute approximate surface area is 157 Å². The van der Waals surface area contributed by atoms with Gasteiger partial charge in [-0.1, -0.05) is 51.1 Å². The highest BCUT2D eigenvalue weighted by molar-refractivity contribution is 6.04. The molecule has 0 fully saturated rings. The van der Waals surface area contributed by atoms with Crippen LogP contribution in [-0.4, -0.2) is 12.4 Å². The summed E-state index contributed by atoms with van der Waals surface area (Å²) in [5.41, 5.74) is 6.42. The first-order chi connectivity index (χ1) is 12.8. The standard InChI is InChI=1S/C22H24O2.C2H6/c1-2-18-19-11-10-16(9-8-15-6-4-3-5-7-15)12-17(19)13-21-22(18)20(23)14-24-21;1-2/h3-7,13,16H,2,8-12,14H2,1H3;1-2H3. The van der Waals surface area contributed by atoms with E-state index in [1.54, 1.807) is 0 Å². The van der Waals surface area contributed by atoms with Gasteiger partial charge in [-0.2, -0.15) is 0 Å². The minimum absolute atomic E-state index is 0.163. The zero-order valence-corrected chi connectivity index (χ0v) is 16.3. The molecule has 2 aromatic carbocycles. The molecule has 2 heteroatoms. The first kappa shape index (κ1) is 18.7. The first-order valence-electron chi connectivity index (χ1n) is 10.1. The van der Waals surface area contributed by atoms with Crippen molar-refractivity contribution in [1.82, 2.24) is 0 Å². The van der Waals surface area contributed by atoms with Crippen molar-refractivity contribution in [3.63, 3.8) is 0 Å². The summed E-state index contributed by atoms with van der Waals surface area (Å²) in [6.07, 6.45) is 6.79. The van der Waals surface area contributed by atoms with Gasteiger partial charge in [0.25, 0.3) is 0 Å². The molecule has 4 rings (SSSR count). The fourth-order valence-electron chi connectivity index (χ4n) is 4.35. The lowest BCUT2D eigenvalue weighted by molar-refractivity contribution is 0.0960. The molecule has 0 saturated carbocycles. The van der Waals surface area contributed by atoms with Gasteiger partial charge in [-0.05, 0) is 72.8 Å². The van der Waals surface area contributed by atoms with E-state index in [0.29, 0.717) is 0 Å². The fraction of sp³-hybridized carbons (Fsp3) is 0.458. The van der Waals surface area contributed by atoms with Crippen LogP contribution in [0.5, 0.6) is 5.75 Å². The van der Waals surface area contributed by atoms with E-state index in [-0.39, 0.29) is 12.4 Å². The third-order valence-corrected chi connectivity index (χ3v) is 5.59. The van der Waals surface area contributed by atoms with Crippen LogP contribution in [0, 0.1) is 5.92 Å². The van der Waals surface area contributed by atoms with Crippen molar-refractivity contribution < 1.29 is 9.53 Å². The van der Waals surface area contributed by atoms with Crippen LogP contribution in [0.1, 0.15) is 66.2 Å². The smallest absolute Gasteiger partial charge is 0.204 e. The maximum absolute atomic E-state index is 12.1. The van der Waals surface area contributed by atoms with Crippen LogP contribution in [0.3, 0.4) is 0 Å². The average molecular weight is 351 g/mol. The van der Waals surface area contributed by atoms with Crippen molar-refractivity contribution >= 4 is 5.78 Å². The second kappa shape index (κ2) is 8.53. The van der Waals surface area contributed by atoms with Crippen molar-refractivity contribution in [2.24, 2.45) is 5.92 Å². The van der Waals surface area contributed by atoms with E-state index in [0.717, 1.165) is 42.9 Å². The fourth-order valence-corrected chi connectivity index (χ4v) is 4.35. The maximum Gasteiger partial charge on any atom is 0.204 e. The number of carbonyl (C=O) groups excluding carboxylic acids is 1. The molecule has 138 valence electrons. The van der Waals surface area contributed by atoms with Crippen LogP contribution in [0.15, 0.2) is 36.4 Å². The predicted molar refractivity (Wildman–Crippen MR) is 107 cm³/mol. The maximum atomic E-state index is 12.1. The number of fused-ring (bicyclic) bond motifs is 2. The monoisotopic (exact) mass is 350 g/mol. The predicted octanol–water partition coefficient (Wildman–Crippen LogP) is 5.59. The van der Waals surface area contributed by atoms with Gasteiger partial charge < -0.3 is 4.74 Å². The lowest BCUT2D eigenvalue weighted by atomic mass is 9.77. The topological polar surface area (TPSA) is 26.3 Å². The summed E-state index contributed by atoms with van der Waals surface area (Å²) >= 11 is 0. The van der Waals surface area contributed by atoms with Gasteiger partial charge in [0, 0.05) is 0 Å². The van der Waals surface area contributed by atoms with E-state index < -0.39 is 0 Å². The van der Waals surface area contributed by atoms with Crippen LogP contribution >= 0.6 is 0 Å². The zero-order valence-electron chi connectivity index (χ0n) is 16.3. The average Bonchev–Trinajstić information content (AvgIpc) is 3.07.